The predicted octanol–water partition coefficient (Wildman–Crippen LogP) is 3.27. The summed E-state index contributed by atoms with van der Waals surface area (Å²) in [6.07, 6.45) is 3.21. The van der Waals surface area contributed by atoms with Gasteiger partial charge in [0.2, 0.25) is 0 Å². The van der Waals surface area contributed by atoms with Crippen LogP contribution in [0.3, 0.4) is 0 Å². The maximum absolute atomic E-state index is 13.0. The monoisotopic (exact) mass is 429 g/mol. The fraction of sp³-hybridized carbons (Fsp3) is 0.409. The molecule has 0 radical (unpaired) electrons. The summed E-state index contributed by atoms with van der Waals surface area (Å²) in [6, 6.07) is 5.77. The van der Waals surface area contributed by atoms with Crippen LogP contribution in [-0.4, -0.2) is 39.9 Å². The minimum absolute atomic E-state index is 0.0128. The third-order valence-corrected chi connectivity index (χ3v) is 6.56. The molecule has 0 amide bonds. The Labute approximate surface area is 177 Å². The van der Waals surface area contributed by atoms with Crippen molar-refractivity contribution in [3.63, 3.8) is 0 Å². The molecule has 1 fully saturated rings. The summed E-state index contributed by atoms with van der Waals surface area (Å²) >= 11 is 1.40. The number of nitrogens with one attached hydrogen (secondary N) is 1. The number of nitrogens with zero attached hydrogens (tertiary/aromatic N) is 2. The number of H-pyrrole nitrogens is 1. The molecule has 0 atom stereocenters. The highest BCUT2D eigenvalue weighted by Crippen LogP contribution is 2.22. The number of benzene rings is 1. The molecule has 158 valence electrons. The fourth-order valence-electron chi connectivity index (χ4n) is 4.06. The van der Waals surface area contributed by atoms with Crippen molar-refractivity contribution in [3.8, 4) is 0 Å². The average Bonchev–Trinajstić information content (AvgIpc) is 3.22. The van der Waals surface area contributed by atoms with E-state index >= 15 is 0 Å². The number of piperidine rings is 1. The van der Waals surface area contributed by atoms with E-state index in [1.165, 1.54) is 28.0 Å². The summed E-state index contributed by atoms with van der Waals surface area (Å²) in [5.41, 5.74) is 0.596. The highest BCUT2D eigenvalue weighted by atomic mass is 32.1. The lowest BCUT2D eigenvalue weighted by atomic mass is 9.89. The number of thiophene rings is 1. The molecule has 2 aromatic heterocycles. The lowest BCUT2D eigenvalue weighted by Gasteiger charge is -2.31. The molecule has 1 aromatic carbocycles. The molecule has 1 aliphatic heterocycles. The molecule has 4 rings (SSSR count). The van der Waals surface area contributed by atoms with Crippen molar-refractivity contribution in [1.82, 2.24) is 14.5 Å². The van der Waals surface area contributed by atoms with Crippen LogP contribution < -0.4 is 11.2 Å². The van der Waals surface area contributed by atoms with Gasteiger partial charge in [-0.2, -0.15) is 0 Å². The zero-order valence-corrected chi connectivity index (χ0v) is 17.4. The van der Waals surface area contributed by atoms with Crippen molar-refractivity contribution in [2.45, 2.75) is 32.2 Å². The second-order valence-corrected chi connectivity index (χ2v) is 8.52. The van der Waals surface area contributed by atoms with E-state index in [-0.39, 0.29) is 28.8 Å². The maximum Gasteiger partial charge on any atom is 0.328 e. The molecule has 6 nitrogen and oxygen atoms in total. The molecular weight excluding hydrogens is 405 g/mol. The van der Waals surface area contributed by atoms with E-state index in [9.17, 15) is 18.8 Å². The number of aromatic nitrogens is 2. The van der Waals surface area contributed by atoms with E-state index < -0.39 is 0 Å². The highest BCUT2D eigenvalue weighted by molar-refractivity contribution is 7.09. The number of hydrogen-bond acceptors (Lipinski definition) is 5. The molecule has 1 N–H and O–H groups in total. The van der Waals surface area contributed by atoms with Gasteiger partial charge in [0, 0.05) is 28.8 Å². The maximum atomic E-state index is 13.0. The molecular formula is C22H24FN3O3S. The van der Waals surface area contributed by atoms with E-state index in [0.717, 1.165) is 45.3 Å². The van der Waals surface area contributed by atoms with Crippen molar-refractivity contribution < 1.29 is 9.18 Å². The number of carbonyl (C=O) groups is 1. The van der Waals surface area contributed by atoms with Crippen molar-refractivity contribution >= 4 is 28.0 Å². The normalized spacial score (nSPS) is 15.6. The van der Waals surface area contributed by atoms with Gasteiger partial charge in [0.25, 0.3) is 5.56 Å². The molecule has 0 saturated carbocycles. The number of Topliss-reactive ketones (excluding diaryl/α,β-unsaturated/α-hetero) is 1. The van der Waals surface area contributed by atoms with Gasteiger partial charge >= 0.3 is 5.69 Å². The van der Waals surface area contributed by atoms with Gasteiger partial charge in [-0.3, -0.25) is 14.2 Å². The van der Waals surface area contributed by atoms with Gasteiger partial charge < -0.3 is 9.88 Å². The zero-order chi connectivity index (χ0) is 21.1. The summed E-state index contributed by atoms with van der Waals surface area (Å²) in [5.74, 6) is -0.251. The van der Waals surface area contributed by atoms with Crippen LogP contribution in [0.5, 0.6) is 0 Å². The number of carbonyl (C=O) groups excluding carboxylic acids is 1. The molecule has 3 aromatic rings. The van der Waals surface area contributed by atoms with Crippen molar-refractivity contribution in [1.29, 1.82) is 0 Å². The molecule has 0 aliphatic carbocycles. The van der Waals surface area contributed by atoms with E-state index in [4.69, 9.17) is 0 Å². The van der Waals surface area contributed by atoms with Crippen LogP contribution >= 0.6 is 11.3 Å². The SMILES string of the molecule is O=C(c1ccc(F)cc1)C1CCN(CCCCn2c(=O)[nH]c3cscc3c2=O)CC1. The summed E-state index contributed by atoms with van der Waals surface area (Å²) in [5, 5.41) is 4.10. The summed E-state index contributed by atoms with van der Waals surface area (Å²) in [6.45, 7) is 2.97. The average molecular weight is 430 g/mol. The van der Waals surface area contributed by atoms with Crippen LogP contribution in [0.25, 0.3) is 10.9 Å². The minimum Gasteiger partial charge on any atom is -0.306 e. The Kier molecular flexibility index (Phi) is 6.24. The van der Waals surface area contributed by atoms with Crippen LogP contribution in [0.1, 0.15) is 36.0 Å². The van der Waals surface area contributed by atoms with Gasteiger partial charge in [0.05, 0.1) is 10.9 Å². The number of unbranched alkanes of at least 4 members (excludes halogenated alkanes) is 1. The van der Waals surface area contributed by atoms with Crippen molar-refractivity contribution in [2.75, 3.05) is 19.6 Å². The van der Waals surface area contributed by atoms with Gasteiger partial charge in [-0.05, 0) is 69.6 Å². The second kappa shape index (κ2) is 9.06. The fourth-order valence-corrected chi connectivity index (χ4v) is 4.81. The first-order valence-electron chi connectivity index (χ1n) is 10.2. The minimum atomic E-state index is -0.356. The van der Waals surface area contributed by atoms with Crippen molar-refractivity contribution in [2.24, 2.45) is 5.92 Å². The molecule has 0 unspecified atom stereocenters. The number of halogens is 1. The Morgan fingerprint density at radius 2 is 1.77 bits per heavy atom. The third kappa shape index (κ3) is 4.44. The largest absolute Gasteiger partial charge is 0.328 e. The smallest absolute Gasteiger partial charge is 0.306 e. The number of hydrogen-bond donors (Lipinski definition) is 1. The van der Waals surface area contributed by atoms with Crippen molar-refractivity contribution in [3.05, 3.63) is 67.2 Å². The highest BCUT2D eigenvalue weighted by Gasteiger charge is 2.25. The summed E-state index contributed by atoms with van der Waals surface area (Å²) in [4.78, 5) is 42.2. The number of ketones is 1. The molecule has 1 saturated heterocycles. The van der Waals surface area contributed by atoms with Crippen LogP contribution in [0.15, 0.2) is 44.6 Å². The standard InChI is InChI=1S/C22H24FN3O3S/c23-17-5-3-15(4-6-17)20(27)16-7-11-25(12-8-16)9-1-2-10-26-21(28)18-13-30-14-19(18)24-22(26)29/h3-6,13-14,16H,1-2,7-12H2,(H,24,29). The van der Waals surface area contributed by atoms with Gasteiger partial charge in [-0.25, -0.2) is 9.18 Å². The lowest BCUT2D eigenvalue weighted by Crippen LogP contribution is -2.37. The van der Waals surface area contributed by atoms with E-state index in [1.807, 2.05) is 0 Å². The Balaban J connectivity index is 1.24. The Bertz CT molecular complexity index is 1140. The topological polar surface area (TPSA) is 75.2 Å². The lowest BCUT2D eigenvalue weighted by molar-refractivity contribution is 0.0838. The number of rotatable bonds is 7. The third-order valence-electron chi connectivity index (χ3n) is 5.82. The van der Waals surface area contributed by atoms with Crippen LogP contribution in [-0.2, 0) is 6.54 Å². The van der Waals surface area contributed by atoms with Gasteiger partial charge in [0.1, 0.15) is 5.82 Å². The Hall–Kier alpha value is -2.58. The summed E-state index contributed by atoms with van der Waals surface area (Å²) in [7, 11) is 0. The van der Waals surface area contributed by atoms with Crippen LogP contribution in [0, 0.1) is 11.7 Å². The Morgan fingerprint density at radius 1 is 1.07 bits per heavy atom. The quantitative estimate of drug-likeness (QED) is 0.462. The van der Waals surface area contributed by atoms with Crippen LogP contribution in [0.4, 0.5) is 4.39 Å². The van der Waals surface area contributed by atoms with Gasteiger partial charge in [0.15, 0.2) is 5.78 Å². The first-order chi connectivity index (χ1) is 14.5. The molecule has 1 aliphatic rings. The van der Waals surface area contributed by atoms with Crippen LogP contribution in [0.2, 0.25) is 0 Å². The van der Waals surface area contributed by atoms with E-state index in [1.54, 1.807) is 22.9 Å². The molecule has 30 heavy (non-hydrogen) atoms. The number of aromatic amines is 1. The predicted molar refractivity (Wildman–Crippen MR) is 116 cm³/mol. The zero-order valence-electron chi connectivity index (χ0n) is 16.6. The number of likely N-dealkylation sites (tertiary alicyclic amines) is 1. The number of fused-ring (bicyclic) bond motifs is 1. The molecule has 0 bridgehead atoms. The molecule has 8 heteroatoms. The van der Waals surface area contributed by atoms with E-state index in [2.05, 4.69) is 9.88 Å². The Morgan fingerprint density at radius 3 is 2.50 bits per heavy atom. The molecule has 0 spiro atoms. The first-order valence-corrected chi connectivity index (χ1v) is 11.2. The summed E-state index contributed by atoms with van der Waals surface area (Å²) < 4.78 is 14.3. The van der Waals surface area contributed by atoms with E-state index in [0.29, 0.717) is 23.0 Å². The van der Waals surface area contributed by atoms with Gasteiger partial charge in [-0.15, -0.1) is 11.3 Å². The second-order valence-electron chi connectivity index (χ2n) is 7.78. The first kappa shape index (κ1) is 20.7. The molecule has 3 heterocycles. The van der Waals surface area contributed by atoms with Gasteiger partial charge in [-0.1, -0.05) is 0 Å².